The van der Waals surface area contributed by atoms with Crippen molar-refractivity contribution in [2.24, 2.45) is 0 Å². The Labute approximate surface area is 136 Å². The maximum atomic E-state index is 11.9. The van der Waals surface area contributed by atoms with Crippen LogP contribution in [0, 0.1) is 0 Å². The number of cyclic esters (lactones) is 4. The highest BCUT2D eigenvalue weighted by molar-refractivity contribution is 7.85. The molecule has 10 heteroatoms. The van der Waals surface area contributed by atoms with Gasteiger partial charge in [0.2, 0.25) is 0 Å². The largest absolute Gasteiger partial charge is 0.389 e. The summed E-state index contributed by atoms with van der Waals surface area (Å²) in [5.41, 5.74) is -0.922. The summed E-state index contributed by atoms with van der Waals surface area (Å²) >= 11 is 0. The summed E-state index contributed by atoms with van der Waals surface area (Å²) in [6.07, 6.45) is 0.197. The van der Waals surface area contributed by atoms with E-state index in [1.165, 1.54) is 0 Å². The third-order valence-electron chi connectivity index (χ3n) is 3.10. The van der Waals surface area contributed by atoms with Crippen LogP contribution in [0.5, 0.6) is 0 Å². The fraction of sp³-hybridized carbons (Fsp3) is 0.286. The normalized spacial score (nSPS) is 17.2. The van der Waals surface area contributed by atoms with Crippen LogP contribution in [0.15, 0.2) is 23.1 Å². The molecule has 24 heavy (non-hydrogen) atoms. The topological polar surface area (TPSA) is 141 Å². The van der Waals surface area contributed by atoms with Gasteiger partial charge in [0.1, 0.15) is 0 Å². The highest BCUT2D eigenvalue weighted by Gasteiger charge is 2.23. The molecule has 0 aromatic heterocycles. The molecule has 0 amide bonds. The SMILES string of the molecule is O=C1CCCCC(=O)OC(=O)c2cc(cc(S(=O)(=O)O)c2)C(=O)O1. The molecule has 0 radical (unpaired) electrons. The van der Waals surface area contributed by atoms with Gasteiger partial charge in [0.15, 0.2) is 0 Å². The summed E-state index contributed by atoms with van der Waals surface area (Å²) in [5.74, 6) is -4.11. The van der Waals surface area contributed by atoms with E-state index in [2.05, 4.69) is 9.47 Å². The molecule has 1 aromatic rings. The molecule has 0 spiro atoms. The van der Waals surface area contributed by atoms with Crippen molar-refractivity contribution in [3.05, 3.63) is 29.3 Å². The van der Waals surface area contributed by atoms with E-state index in [0.717, 1.165) is 18.2 Å². The Bertz CT molecular complexity index is 772. The minimum Gasteiger partial charge on any atom is -0.389 e. The molecule has 9 nitrogen and oxygen atoms in total. The van der Waals surface area contributed by atoms with Gasteiger partial charge in [0, 0.05) is 12.8 Å². The van der Waals surface area contributed by atoms with Crippen molar-refractivity contribution in [3.8, 4) is 0 Å². The van der Waals surface area contributed by atoms with E-state index in [4.69, 9.17) is 4.55 Å². The first-order chi connectivity index (χ1) is 11.2. The first kappa shape index (κ1) is 17.8. The summed E-state index contributed by atoms with van der Waals surface area (Å²) in [5, 5.41) is 0. The number of benzene rings is 1. The second kappa shape index (κ2) is 6.89. The molecule has 0 atom stereocenters. The van der Waals surface area contributed by atoms with E-state index >= 15 is 0 Å². The number of ether oxygens (including phenoxy) is 2. The van der Waals surface area contributed by atoms with Crippen molar-refractivity contribution in [3.63, 3.8) is 0 Å². The summed E-state index contributed by atoms with van der Waals surface area (Å²) in [7, 11) is -4.76. The minimum absolute atomic E-state index is 0.141. The van der Waals surface area contributed by atoms with E-state index in [1.807, 2.05) is 0 Å². The van der Waals surface area contributed by atoms with Crippen molar-refractivity contribution in [2.45, 2.75) is 30.6 Å². The lowest BCUT2D eigenvalue weighted by Gasteiger charge is -2.07. The van der Waals surface area contributed by atoms with Crippen LogP contribution in [0.4, 0.5) is 0 Å². The van der Waals surface area contributed by atoms with E-state index in [0.29, 0.717) is 0 Å². The Kier molecular flexibility index (Phi) is 5.10. The van der Waals surface area contributed by atoms with Crippen LogP contribution in [0.1, 0.15) is 46.4 Å². The first-order valence-electron chi connectivity index (χ1n) is 6.79. The lowest BCUT2D eigenvalue weighted by molar-refractivity contribution is -0.140. The van der Waals surface area contributed by atoms with Crippen LogP contribution < -0.4 is 0 Å². The van der Waals surface area contributed by atoms with Crippen molar-refractivity contribution in [1.29, 1.82) is 0 Å². The molecule has 128 valence electrons. The molecule has 1 N–H and O–H groups in total. The summed E-state index contributed by atoms with van der Waals surface area (Å²) in [6.45, 7) is 0. The Balaban J connectivity index is 2.53. The van der Waals surface area contributed by atoms with Gasteiger partial charge in [-0.05, 0) is 31.0 Å². The van der Waals surface area contributed by atoms with E-state index < -0.39 is 50.0 Å². The number of fused-ring (bicyclic) bond motifs is 2. The maximum absolute atomic E-state index is 11.9. The molecular formula is C14H12O9S. The monoisotopic (exact) mass is 356 g/mol. The van der Waals surface area contributed by atoms with Crippen LogP contribution in [-0.2, 0) is 29.2 Å². The second-order valence-corrected chi connectivity index (χ2v) is 6.37. The average Bonchev–Trinajstić information content (AvgIpc) is 2.49. The van der Waals surface area contributed by atoms with Crippen molar-refractivity contribution < 1.29 is 41.6 Å². The number of carbonyl (C=O) groups excluding carboxylic acids is 4. The third kappa shape index (κ3) is 4.46. The first-order valence-corrected chi connectivity index (χ1v) is 8.23. The van der Waals surface area contributed by atoms with E-state index in [1.54, 1.807) is 0 Å². The molecule has 0 unspecified atom stereocenters. The predicted octanol–water partition coefficient (Wildman–Crippen LogP) is 0.874. The lowest BCUT2D eigenvalue weighted by Crippen LogP contribution is -2.15. The number of rotatable bonds is 1. The van der Waals surface area contributed by atoms with E-state index in [9.17, 15) is 27.6 Å². The molecule has 0 saturated carbocycles. The summed E-state index contributed by atoms with van der Waals surface area (Å²) in [4.78, 5) is 46.1. The minimum atomic E-state index is -4.76. The number of hydrogen-bond donors (Lipinski definition) is 1. The molecule has 0 aliphatic carbocycles. The third-order valence-corrected chi connectivity index (χ3v) is 3.93. The Morgan fingerprint density at radius 1 is 0.792 bits per heavy atom. The van der Waals surface area contributed by atoms with E-state index in [-0.39, 0.29) is 25.7 Å². The molecule has 1 aromatic carbocycles. The average molecular weight is 356 g/mol. The van der Waals surface area contributed by atoms with Crippen LogP contribution in [0.3, 0.4) is 0 Å². The zero-order valence-corrected chi connectivity index (χ0v) is 13.0. The smallest absolute Gasteiger partial charge is 0.345 e. The van der Waals surface area contributed by atoms with Gasteiger partial charge in [-0.15, -0.1) is 0 Å². The number of carbonyl (C=O) groups is 4. The highest BCUT2D eigenvalue weighted by Crippen LogP contribution is 2.18. The zero-order chi connectivity index (χ0) is 17.9. The van der Waals surface area contributed by atoms with Gasteiger partial charge in [0.05, 0.1) is 16.0 Å². The van der Waals surface area contributed by atoms with Gasteiger partial charge in [-0.3, -0.25) is 14.1 Å². The van der Waals surface area contributed by atoms with Crippen LogP contribution in [-0.4, -0.2) is 36.8 Å². The summed E-state index contributed by atoms with van der Waals surface area (Å²) < 4.78 is 40.7. The van der Waals surface area contributed by atoms with Crippen LogP contribution in [0.2, 0.25) is 0 Å². The van der Waals surface area contributed by atoms with Crippen molar-refractivity contribution in [2.75, 3.05) is 0 Å². The van der Waals surface area contributed by atoms with Crippen molar-refractivity contribution in [1.82, 2.24) is 0 Å². The molecule has 2 rings (SSSR count). The quantitative estimate of drug-likeness (QED) is 0.440. The molecule has 2 bridgehead atoms. The van der Waals surface area contributed by atoms with Crippen LogP contribution >= 0.6 is 0 Å². The zero-order valence-electron chi connectivity index (χ0n) is 12.2. The fourth-order valence-corrected chi connectivity index (χ4v) is 2.50. The number of hydrogen-bond acceptors (Lipinski definition) is 8. The van der Waals surface area contributed by atoms with Gasteiger partial charge < -0.3 is 9.47 Å². The fourth-order valence-electron chi connectivity index (χ4n) is 1.95. The Hall–Kier alpha value is -2.59. The van der Waals surface area contributed by atoms with Gasteiger partial charge >= 0.3 is 23.9 Å². The van der Waals surface area contributed by atoms with Crippen molar-refractivity contribution >= 4 is 34.0 Å². The highest BCUT2D eigenvalue weighted by atomic mass is 32.2. The molecule has 0 fully saturated rings. The second-order valence-electron chi connectivity index (χ2n) is 4.95. The predicted molar refractivity (Wildman–Crippen MR) is 75.6 cm³/mol. The Morgan fingerprint density at radius 2 is 1.21 bits per heavy atom. The standard InChI is InChI=1S/C14H12O9S/c15-11-3-1-2-4-12(16)23-14(18)9-5-8(13(17)22-11)6-10(7-9)24(19,20)21/h5-7H,1-4H2,(H,19,20,21). The molecular weight excluding hydrogens is 344 g/mol. The van der Waals surface area contributed by atoms with Gasteiger partial charge in [-0.1, -0.05) is 0 Å². The molecule has 1 aliphatic rings. The van der Waals surface area contributed by atoms with Gasteiger partial charge in [-0.2, -0.15) is 8.42 Å². The summed E-state index contributed by atoms with van der Waals surface area (Å²) in [6, 6.07) is 2.38. The maximum Gasteiger partial charge on any atom is 0.345 e. The molecule has 1 heterocycles. The number of esters is 4. The Morgan fingerprint density at radius 3 is 1.58 bits per heavy atom. The van der Waals surface area contributed by atoms with Gasteiger partial charge in [0.25, 0.3) is 10.1 Å². The lowest BCUT2D eigenvalue weighted by atomic mass is 10.1. The van der Waals surface area contributed by atoms with Gasteiger partial charge in [-0.25, -0.2) is 9.59 Å². The molecule has 0 saturated heterocycles. The van der Waals surface area contributed by atoms with Crippen LogP contribution in [0.25, 0.3) is 0 Å². The molecule has 1 aliphatic heterocycles.